The predicted molar refractivity (Wildman–Crippen MR) is 93.2 cm³/mol. The number of carbonyl (C=O) groups is 2. The largest absolute Gasteiger partial charge is 0.441 e. The van der Waals surface area contributed by atoms with Crippen LogP contribution in [0.15, 0.2) is 22.6 Å². The van der Waals surface area contributed by atoms with Crippen molar-refractivity contribution in [3.8, 4) is 0 Å². The average molecular weight is 341 g/mol. The van der Waals surface area contributed by atoms with E-state index in [2.05, 4.69) is 11.9 Å². The Labute approximate surface area is 146 Å². The van der Waals surface area contributed by atoms with Gasteiger partial charge in [-0.05, 0) is 37.5 Å². The zero-order valence-corrected chi connectivity index (χ0v) is 14.7. The molecule has 1 aromatic carbocycles. The Morgan fingerprint density at radius 2 is 2.16 bits per heavy atom. The van der Waals surface area contributed by atoms with Gasteiger partial charge in [0.05, 0.1) is 5.92 Å². The summed E-state index contributed by atoms with van der Waals surface area (Å²) in [6, 6.07) is 5.52. The number of hydrogen-bond donors (Lipinski definition) is 0. The first-order valence-corrected chi connectivity index (χ1v) is 9.03. The lowest BCUT2D eigenvalue weighted by Gasteiger charge is -2.35. The van der Waals surface area contributed by atoms with Crippen LogP contribution in [0.3, 0.4) is 0 Å². The maximum Gasteiger partial charge on any atom is 0.254 e. The standard InChI is InChI=1S/C19H23N3O3/c1-3-8-22-15-6-4-14(19(22)24)10-21(11-15)18(23)13-5-7-16-17(9-13)25-12(2)20-16/h5,7,9,14-15H,3-4,6,8,10-11H2,1-2H3/t14-,15+/m0/s1. The van der Waals surface area contributed by atoms with Gasteiger partial charge in [0.2, 0.25) is 5.91 Å². The molecule has 6 nitrogen and oxygen atoms in total. The zero-order valence-electron chi connectivity index (χ0n) is 14.7. The van der Waals surface area contributed by atoms with Crippen molar-refractivity contribution in [2.24, 2.45) is 5.92 Å². The number of fused-ring (bicyclic) bond motifs is 5. The predicted octanol–water partition coefficient (Wildman–Crippen LogP) is 2.61. The van der Waals surface area contributed by atoms with Crippen LogP contribution in [0.2, 0.25) is 0 Å². The van der Waals surface area contributed by atoms with Crippen LogP contribution in [-0.2, 0) is 4.79 Å². The number of piperidine rings is 1. The van der Waals surface area contributed by atoms with E-state index in [1.165, 1.54) is 0 Å². The van der Waals surface area contributed by atoms with E-state index in [1.807, 2.05) is 15.9 Å². The highest BCUT2D eigenvalue weighted by Crippen LogP contribution is 2.30. The third kappa shape index (κ3) is 2.79. The number of benzene rings is 1. The zero-order chi connectivity index (χ0) is 17.6. The van der Waals surface area contributed by atoms with Crippen LogP contribution in [0.1, 0.15) is 42.4 Å². The van der Waals surface area contributed by atoms with Gasteiger partial charge in [-0.3, -0.25) is 9.59 Å². The molecule has 0 spiro atoms. The fraction of sp³-hybridized carbons (Fsp3) is 0.526. The molecule has 0 N–H and O–H groups in total. The van der Waals surface area contributed by atoms with Gasteiger partial charge in [-0.15, -0.1) is 0 Å². The van der Waals surface area contributed by atoms with E-state index in [9.17, 15) is 9.59 Å². The topological polar surface area (TPSA) is 66.7 Å². The maximum atomic E-state index is 13.0. The van der Waals surface area contributed by atoms with Gasteiger partial charge in [0.1, 0.15) is 5.52 Å². The molecule has 0 unspecified atom stereocenters. The quantitative estimate of drug-likeness (QED) is 0.861. The van der Waals surface area contributed by atoms with Crippen LogP contribution in [0.5, 0.6) is 0 Å². The van der Waals surface area contributed by atoms with E-state index in [4.69, 9.17) is 4.42 Å². The third-order valence-electron chi connectivity index (χ3n) is 5.29. The number of hydrogen-bond acceptors (Lipinski definition) is 4. The monoisotopic (exact) mass is 341 g/mol. The summed E-state index contributed by atoms with van der Waals surface area (Å²) in [5.74, 6) is 0.715. The highest BCUT2D eigenvalue weighted by molar-refractivity contribution is 5.97. The normalized spacial score (nSPS) is 23.4. The number of nitrogens with zero attached hydrogens (tertiary/aromatic N) is 3. The molecular weight excluding hydrogens is 318 g/mol. The molecule has 6 heteroatoms. The summed E-state index contributed by atoms with van der Waals surface area (Å²) in [6.45, 7) is 5.80. The fourth-order valence-electron chi connectivity index (χ4n) is 4.10. The molecule has 5 rings (SSSR count). The van der Waals surface area contributed by atoms with E-state index in [0.717, 1.165) is 31.3 Å². The van der Waals surface area contributed by atoms with Gasteiger partial charge in [-0.25, -0.2) is 4.98 Å². The third-order valence-corrected chi connectivity index (χ3v) is 5.29. The molecule has 2 bridgehead atoms. The molecular formula is C19H23N3O3. The molecule has 2 amide bonds. The second-order valence-electron chi connectivity index (χ2n) is 7.09. The fourth-order valence-corrected chi connectivity index (χ4v) is 4.10. The van der Waals surface area contributed by atoms with Gasteiger partial charge in [-0.2, -0.15) is 0 Å². The lowest BCUT2D eigenvalue weighted by Crippen LogP contribution is -2.48. The van der Waals surface area contributed by atoms with E-state index in [-0.39, 0.29) is 23.8 Å². The first-order chi connectivity index (χ1) is 12.1. The minimum atomic E-state index is -0.0643. The van der Waals surface area contributed by atoms with Crippen LogP contribution >= 0.6 is 0 Å². The van der Waals surface area contributed by atoms with Gasteiger partial charge in [0, 0.05) is 38.2 Å². The van der Waals surface area contributed by atoms with Crippen LogP contribution in [0, 0.1) is 12.8 Å². The Hall–Kier alpha value is -2.37. The van der Waals surface area contributed by atoms with Crippen LogP contribution < -0.4 is 0 Å². The number of aryl methyl sites for hydroxylation is 1. The molecule has 25 heavy (non-hydrogen) atoms. The van der Waals surface area contributed by atoms with Gasteiger partial charge >= 0.3 is 0 Å². The second kappa shape index (κ2) is 6.17. The lowest BCUT2D eigenvalue weighted by atomic mass is 9.94. The van der Waals surface area contributed by atoms with E-state index in [1.54, 1.807) is 19.1 Å². The SMILES string of the molecule is CCCN1C(=O)[C@H]2CC[C@@H]1CN(C(=O)c1ccc3nc(C)oc3c1)C2. The Bertz CT molecular complexity index is 828. The number of rotatable bonds is 3. The number of oxazole rings is 1. The second-order valence-corrected chi connectivity index (χ2v) is 7.09. The molecule has 132 valence electrons. The minimum absolute atomic E-state index is 0.0287. The smallest absolute Gasteiger partial charge is 0.254 e. The Kier molecular flexibility index (Phi) is 3.98. The van der Waals surface area contributed by atoms with E-state index in [0.29, 0.717) is 30.1 Å². The number of aromatic nitrogens is 1. The Morgan fingerprint density at radius 1 is 1.32 bits per heavy atom. The van der Waals surface area contributed by atoms with E-state index < -0.39 is 0 Å². The molecule has 4 heterocycles. The van der Waals surface area contributed by atoms with Crippen LogP contribution in [-0.4, -0.2) is 52.3 Å². The molecule has 0 radical (unpaired) electrons. The van der Waals surface area contributed by atoms with E-state index >= 15 is 0 Å². The molecule has 2 aromatic rings. The Morgan fingerprint density at radius 3 is 2.96 bits per heavy atom. The molecule has 3 fully saturated rings. The van der Waals surface area contributed by atoms with Gasteiger partial charge < -0.3 is 14.2 Å². The molecule has 3 aliphatic rings. The average Bonchev–Trinajstić information content (AvgIpc) is 2.77. The summed E-state index contributed by atoms with van der Waals surface area (Å²) in [5, 5.41) is 0. The summed E-state index contributed by atoms with van der Waals surface area (Å²) >= 11 is 0. The van der Waals surface area contributed by atoms with Crippen molar-refractivity contribution < 1.29 is 14.0 Å². The van der Waals surface area contributed by atoms with Crippen molar-refractivity contribution in [1.82, 2.24) is 14.8 Å². The molecule has 0 saturated carbocycles. The van der Waals surface area contributed by atoms with Crippen molar-refractivity contribution in [2.45, 2.75) is 39.2 Å². The summed E-state index contributed by atoms with van der Waals surface area (Å²) in [5.41, 5.74) is 1.98. The minimum Gasteiger partial charge on any atom is -0.441 e. The summed E-state index contributed by atoms with van der Waals surface area (Å²) in [7, 11) is 0. The first kappa shape index (κ1) is 16.1. The van der Waals surface area contributed by atoms with Gasteiger partial charge in [0.25, 0.3) is 5.91 Å². The molecule has 1 aromatic heterocycles. The van der Waals surface area contributed by atoms with Gasteiger partial charge in [-0.1, -0.05) is 6.92 Å². The Balaban J connectivity index is 1.60. The first-order valence-electron chi connectivity index (χ1n) is 9.03. The van der Waals surface area contributed by atoms with Crippen LogP contribution in [0.4, 0.5) is 0 Å². The molecule has 3 aliphatic heterocycles. The molecule has 2 atom stereocenters. The highest BCUT2D eigenvalue weighted by Gasteiger charge is 2.41. The molecule has 3 saturated heterocycles. The highest BCUT2D eigenvalue weighted by atomic mass is 16.3. The van der Waals surface area contributed by atoms with Gasteiger partial charge in [0.15, 0.2) is 11.5 Å². The van der Waals surface area contributed by atoms with Crippen molar-refractivity contribution in [3.63, 3.8) is 0 Å². The summed E-state index contributed by atoms with van der Waals surface area (Å²) in [4.78, 5) is 33.8. The lowest BCUT2D eigenvalue weighted by molar-refractivity contribution is -0.139. The molecule has 0 aliphatic carbocycles. The van der Waals surface area contributed by atoms with Crippen molar-refractivity contribution >= 4 is 22.9 Å². The maximum absolute atomic E-state index is 13.0. The van der Waals surface area contributed by atoms with Crippen LogP contribution in [0.25, 0.3) is 11.1 Å². The summed E-state index contributed by atoms with van der Waals surface area (Å²) < 4.78 is 5.55. The number of amides is 2. The summed E-state index contributed by atoms with van der Waals surface area (Å²) in [6.07, 6.45) is 2.82. The van der Waals surface area contributed by atoms with Crippen molar-refractivity contribution in [3.05, 3.63) is 29.7 Å². The number of carbonyl (C=O) groups excluding carboxylic acids is 2. The van der Waals surface area contributed by atoms with Crippen molar-refractivity contribution in [1.29, 1.82) is 0 Å². The van der Waals surface area contributed by atoms with Crippen molar-refractivity contribution in [2.75, 3.05) is 19.6 Å².